The molecule has 0 fully saturated rings. The number of ether oxygens (including phenoxy) is 1. The van der Waals surface area contributed by atoms with Gasteiger partial charge in [-0.15, -0.1) is 0 Å². The van der Waals surface area contributed by atoms with Gasteiger partial charge in [0, 0.05) is 18.6 Å². The van der Waals surface area contributed by atoms with Gasteiger partial charge in [-0.05, 0) is 22.0 Å². The summed E-state index contributed by atoms with van der Waals surface area (Å²) < 4.78 is 6.12. The molecule has 0 saturated heterocycles. The summed E-state index contributed by atoms with van der Waals surface area (Å²) in [5.74, 6) is 1.37. The molecule has 7 nitrogen and oxygen atoms in total. The standard InChI is InChI=1S/C12H11BrN4O3/c1-2-11-15-10(14)6-12(16-11)20-9-5-7(17(18)19)3-4-8(9)13/h3-6H,2H2,1H3,(H2,14,15,16). The molecule has 1 aromatic heterocycles. The van der Waals surface area contributed by atoms with Crippen LogP contribution in [0.3, 0.4) is 0 Å². The van der Waals surface area contributed by atoms with E-state index in [0.29, 0.717) is 22.5 Å². The predicted molar refractivity (Wildman–Crippen MR) is 76.7 cm³/mol. The molecular weight excluding hydrogens is 328 g/mol. The maximum atomic E-state index is 10.8. The highest BCUT2D eigenvalue weighted by atomic mass is 79.9. The van der Waals surface area contributed by atoms with Crippen LogP contribution in [0.15, 0.2) is 28.7 Å². The summed E-state index contributed by atoms with van der Waals surface area (Å²) in [6.07, 6.45) is 0.609. The largest absolute Gasteiger partial charge is 0.437 e. The minimum atomic E-state index is -0.495. The number of halogens is 1. The van der Waals surface area contributed by atoms with Crippen LogP contribution < -0.4 is 10.5 Å². The number of hydrogen-bond acceptors (Lipinski definition) is 6. The van der Waals surface area contributed by atoms with Crippen LogP contribution in [-0.4, -0.2) is 14.9 Å². The highest BCUT2D eigenvalue weighted by Crippen LogP contribution is 2.32. The first-order chi connectivity index (χ1) is 9.49. The lowest BCUT2D eigenvalue weighted by atomic mass is 10.3. The number of nitrogens with two attached hydrogens (primary N) is 1. The van der Waals surface area contributed by atoms with Crippen molar-refractivity contribution in [3.63, 3.8) is 0 Å². The number of nitrogen functional groups attached to an aromatic ring is 1. The molecule has 0 aliphatic carbocycles. The second kappa shape index (κ2) is 5.83. The first-order valence-corrected chi connectivity index (χ1v) is 6.54. The number of nitrogens with zero attached hydrogens (tertiary/aromatic N) is 3. The van der Waals surface area contributed by atoms with Crippen molar-refractivity contribution in [3.05, 3.63) is 44.7 Å². The Morgan fingerprint density at radius 2 is 2.15 bits per heavy atom. The normalized spacial score (nSPS) is 10.3. The van der Waals surface area contributed by atoms with Crippen LogP contribution in [0.25, 0.3) is 0 Å². The number of aromatic nitrogens is 2. The Bertz CT molecular complexity index is 663. The van der Waals surface area contributed by atoms with Crippen LogP contribution in [0.5, 0.6) is 11.6 Å². The highest BCUT2D eigenvalue weighted by molar-refractivity contribution is 9.10. The fourth-order valence-electron chi connectivity index (χ4n) is 1.50. The van der Waals surface area contributed by atoms with E-state index in [1.54, 1.807) is 6.07 Å². The summed E-state index contributed by atoms with van der Waals surface area (Å²) in [6.45, 7) is 1.89. The Morgan fingerprint density at radius 1 is 1.40 bits per heavy atom. The van der Waals surface area contributed by atoms with E-state index in [2.05, 4.69) is 25.9 Å². The van der Waals surface area contributed by atoms with Gasteiger partial charge in [0.25, 0.3) is 5.69 Å². The molecule has 0 amide bonds. The zero-order valence-electron chi connectivity index (χ0n) is 10.5. The maximum absolute atomic E-state index is 10.8. The van der Waals surface area contributed by atoms with Crippen LogP contribution in [0.4, 0.5) is 11.5 Å². The van der Waals surface area contributed by atoms with Gasteiger partial charge in [0.2, 0.25) is 5.88 Å². The van der Waals surface area contributed by atoms with Crippen molar-refractivity contribution < 1.29 is 9.66 Å². The van der Waals surface area contributed by atoms with Crippen LogP contribution in [0, 0.1) is 10.1 Å². The Hall–Kier alpha value is -2.22. The number of non-ortho nitro benzene ring substituents is 1. The molecule has 1 heterocycles. The van der Waals surface area contributed by atoms with Gasteiger partial charge >= 0.3 is 0 Å². The Kier molecular flexibility index (Phi) is 4.14. The molecule has 2 rings (SSSR count). The molecule has 0 bridgehead atoms. The second-order valence-electron chi connectivity index (χ2n) is 3.87. The fourth-order valence-corrected chi connectivity index (χ4v) is 1.83. The molecule has 0 aliphatic rings. The van der Waals surface area contributed by atoms with E-state index in [1.165, 1.54) is 18.2 Å². The van der Waals surface area contributed by atoms with Crippen LogP contribution in [0.1, 0.15) is 12.7 Å². The number of benzene rings is 1. The molecule has 0 radical (unpaired) electrons. The molecule has 0 saturated carbocycles. The minimum Gasteiger partial charge on any atom is -0.437 e. The van der Waals surface area contributed by atoms with Crippen molar-refractivity contribution in [2.75, 3.05) is 5.73 Å². The number of nitro groups is 1. The fraction of sp³-hybridized carbons (Fsp3) is 0.167. The molecular formula is C12H11BrN4O3. The summed E-state index contributed by atoms with van der Waals surface area (Å²) in [5.41, 5.74) is 5.59. The molecule has 0 atom stereocenters. The average molecular weight is 339 g/mol. The minimum absolute atomic E-state index is 0.0686. The van der Waals surface area contributed by atoms with Gasteiger partial charge in [0.15, 0.2) is 5.75 Å². The number of aryl methyl sites for hydroxylation is 1. The predicted octanol–water partition coefficient (Wildman–Crippen LogP) is 3.08. The summed E-state index contributed by atoms with van der Waals surface area (Å²) in [7, 11) is 0. The van der Waals surface area contributed by atoms with E-state index in [-0.39, 0.29) is 17.4 Å². The maximum Gasteiger partial charge on any atom is 0.273 e. The number of nitro benzene ring substituents is 1. The summed E-state index contributed by atoms with van der Waals surface area (Å²) in [6, 6.07) is 5.69. The van der Waals surface area contributed by atoms with Crippen molar-refractivity contribution >= 4 is 27.4 Å². The molecule has 0 unspecified atom stereocenters. The van der Waals surface area contributed by atoms with E-state index in [9.17, 15) is 10.1 Å². The van der Waals surface area contributed by atoms with Crippen LogP contribution in [0.2, 0.25) is 0 Å². The SMILES string of the molecule is CCc1nc(N)cc(Oc2cc([N+](=O)[O-])ccc2Br)n1. The van der Waals surface area contributed by atoms with Gasteiger partial charge in [-0.3, -0.25) is 10.1 Å². The van der Waals surface area contributed by atoms with E-state index < -0.39 is 4.92 Å². The monoisotopic (exact) mass is 338 g/mol. The van der Waals surface area contributed by atoms with Gasteiger partial charge in [0.1, 0.15) is 11.6 Å². The summed E-state index contributed by atoms with van der Waals surface area (Å²) in [4.78, 5) is 18.5. The Balaban J connectivity index is 2.36. The topological polar surface area (TPSA) is 104 Å². The van der Waals surface area contributed by atoms with Crippen LogP contribution in [-0.2, 0) is 6.42 Å². The molecule has 2 N–H and O–H groups in total. The van der Waals surface area contributed by atoms with Crippen molar-refractivity contribution in [1.82, 2.24) is 9.97 Å². The molecule has 0 spiro atoms. The Labute approximate surface area is 123 Å². The summed E-state index contributed by atoms with van der Waals surface area (Å²) in [5, 5.41) is 10.8. The lowest BCUT2D eigenvalue weighted by Crippen LogP contribution is -2.00. The van der Waals surface area contributed by atoms with E-state index >= 15 is 0 Å². The first kappa shape index (κ1) is 14.2. The molecule has 8 heteroatoms. The quantitative estimate of drug-likeness (QED) is 0.678. The van der Waals surface area contributed by atoms with Gasteiger partial charge in [-0.25, -0.2) is 4.98 Å². The van der Waals surface area contributed by atoms with Gasteiger partial charge in [0.05, 0.1) is 15.5 Å². The third-order valence-corrected chi connectivity index (χ3v) is 3.08. The molecule has 0 aliphatic heterocycles. The number of hydrogen-bond donors (Lipinski definition) is 1. The van der Waals surface area contributed by atoms with Crippen molar-refractivity contribution in [3.8, 4) is 11.6 Å². The zero-order chi connectivity index (χ0) is 14.7. The van der Waals surface area contributed by atoms with E-state index in [1.807, 2.05) is 6.92 Å². The second-order valence-corrected chi connectivity index (χ2v) is 4.73. The number of anilines is 1. The van der Waals surface area contributed by atoms with E-state index in [0.717, 1.165) is 0 Å². The Morgan fingerprint density at radius 3 is 2.80 bits per heavy atom. The average Bonchev–Trinajstić information content (AvgIpc) is 2.40. The van der Waals surface area contributed by atoms with Crippen molar-refractivity contribution in [2.45, 2.75) is 13.3 Å². The zero-order valence-corrected chi connectivity index (χ0v) is 12.1. The van der Waals surface area contributed by atoms with Gasteiger partial charge in [-0.1, -0.05) is 6.92 Å². The summed E-state index contributed by atoms with van der Waals surface area (Å²) >= 11 is 3.27. The van der Waals surface area contributed by atoms with Gasteiger partial charge < -0.3 is 10.5 Å². The van der Waals surface area contributed by atoms with Crippen molar-refractivity contribution in [2.24, 2.45) is 0 Å². The smallest absolute Gasteiger partial charge is 0.273 e. The molecule has 20 heavy (non-hydrogen) atoms. The lowest BCUT2D eigenvalue weighted by Gasteiger charge is -2.08. The first-order valence-electron chi connectivity index (χ1n) is 5.75. The third kappa shape index (κ3) is 3.21. The molecule has 104 valence electrons. The molecule has 2 aromatic rings. The molecule has 1 aromatic carbocycles. The van der Waals surface area contributed by atoms with Crippen LogP contribution >= 0.6 is 15.9 Å². The third-order valence-electron chi connectivity index (χ3n) is 2.43. The van der Waals surface area contributed by atoms with Crippen molar-refractivity contribution in [1.29, 1.82) is 0 Å². The number of rotatable bonds is 4. The highest BCUT2D eigenvalue weighted by Gasteiger charge is 2.12. The van der Waals surface area contributed by atoms with Gasteiger partial charge in [-0.2, -0.15) is 4.98 Å². The lowest BCUT2D eigenvalue weighted by molar-refractivity contribution is -0.384. The van der Waals surface area contributed by atoms with E-state index in [4.69, 9.17) is 10.5 Å².